The number of rotatable bonds is 3. The van der Waals surface area contributed by atoms with Crippen molar-refractivity contribution in [2.45, 2.75) is 6.42 Å². The first kappa shape index (κ1) is 12.0. The number of hydrogen-bond acceptors (Lipinski definition) is 3. The van der Waals surface area contributed by atoms with Crippen molar-refractivity contribution in [3.8, 4) is 0 Å². The topological polar surface area (TPSA) is 64.7 Å². The molecule has 5 heteroatoms. The van der Waals surface area contributed by atoms with Crippen LogP contribution in [0.3, 0.4) is 0 Å². The van der Waals surface area contributed by atoms with E-state index in [1.54, 1.807) is 12.1 Å². The molecule has 0 saturated heterocycles. The van der Waals surface area contributed by atoms with Crippen molar-refractivity contribution in [1.82, 2.24) is 0 Å². The zero-order valence-electron chi connectivity index (χ0n) is 8.24. The Morgan fingerprint density at radius 2 is 2.07 bits per heavy atom. The third-order valence-electron chi connectivity index (χ3n) is 1.87. The van der Waals surface area contributed by atoms with Crippen LogP contribution >= 0.6 is 22.9 Å². The van der Waals surface area contributed by atoms with E-state index in [1.807, 2.05) is 35.0 Å². The second kappa shape index (κ2) is 5.69. The van der Waals surface area contributed by atoms with Crippen LogP contribution in [0.5, 0.6) is 0 Å². The standard InChI is InChI=1S/C10H11IN2O2/c1-15-10(14)8-4-2-7(3-5-8)6-9(12)13-11/h2-5H,6H2,1H3,(H2,12,13). The van der Waals surface area contributed by atoms with Crippen molar-refractivity contribution < 1.29 is 9.53 Å². The maximum absolute atomic E-state index is 11.1. The summed E-state index contributed by atoms with van der Waals surface area (Å²) in [5, 5.41) is 0. The third kappa shape index (κ3) is 3.50. The SMILES string of the molecule is COC(=O)c1ccc(C/C(N)=N/I)cc1. The Kier molecular flexibility index (Phi) is 4.54. The number of esters is 1. The summed E-state index contributed by atoms with van der Waals surface area (Å²) in [6.07, 6.45) is 0.588. The molecule has 1 aromatic carbocycles. The summed E-state index contributed by atoms with van der Waals surface area (Å²) < 4.78 is 8.42. The molecule has 0 atom stereocenters. The lowest BCUT2D eigenvalue weighted by molar-refractivity contribution is 0.0601. The molecule has 0 aliphatic rings. The molecule has 0 aromatic heterocycles. The lowest BCUT2D eigenvalue weighted by Crippen LogP contribution is -2.13. The van der Waals surface area contributed by atoms with E-state index >= 15 is 0 Å². The maximum atomic E-state index is 11.1. The van der Waals surface area contributed by atoms with E-state index in [0.29, 0.717) is 17.8 Å². The van der Waals surface area contributed by atoms with Gasteiger partial charge in [-0.25, -0.2) is 8.00 Å². The Balaban J connectivity index is 2.77. The van der Waals surface area contributed by atoms with Crippen molar-refractivity contribution in [1.29, 1.82) is 0 Å². The molecule has 0 bridgehead atoms. The van der Waals surface area contributed by atoms with E-state index < -0.39 is 0 Å². The Morgan fingerprint density at radius 3 is 2.53 bits per heavy atom. The third-order valence-corrected chi connectivity index (χ3v) is 2.49. The molecule has 80 valence electrons. The molecular weight excluding hydrogens is 307 g/mol. The van der Waals surface area contributed by atoms with Gasteiger partial charge in [-0.15, -0.1) is 0 Å². The van der Waals surface area contributed by atoms with Gasteiger partial charge in [-0.3, -0.25) is 0 Å². The molecule has 0 amide bonds. The Morgan fingerprint density at radius 1 is 1.47 bits per heavy atom. The number of nitrogens with two attached hydrogens (primary N) is 1. The maximum Gasteiger partial charge on any atom is 0.337 e. The molecular formula is C10H11IN2O2. The van der Waals surface area contributed by atoms with Gasteiger partial charge in [0, 0.05) is 6.42 Å². The number of methoxy groups -OCH3 is 1. The number of amidine groups is 1. The molecule has 0 radical (unpaired) electrons. The predicted molar refractivity (Wildman–Crippen MR) is 67.1 cm³/mol. The Hall–Kier alpha value is -1.11. The first-order valence-electron chi connectivity index (χ1n) is 4.28. The molecule has 2 N–H and O–H groups in total. The molecule has 0 unspecified atom stereocenters. The zero-order valence-corrected chi connectivity index (χ0v) is 10.4. The number of carbonyl (C=O) groups excluding carboxylic acids is 1. The zero-order chi connectivity index (χ0) is 11.3. The molecule has 0 spiro atoms. The smallest absolute Gasteiger partial charge is 0.337 e. The van der Waals surface area contributed by atoms with E-state index in [4.69, 9.17) is 5.73 Å². The van der Waals surface area contributed by atoms with Gasteiger partial charge in [0.25, 0.3) is 0 Å². The second-order valence-corrected chi connectivity index (χ2v) is 3.42. The molecule has 0 heterocycles. The summed E-state index contributed by atoms with van der Waals surface area (Å²) in [4.78, 5) is 11.1. The van der Waals surface area contributed by atoms with Crippen LogP contribution in [-0.4, -0.2) is 18.9 Å². The first-order chi connectivity index (χ1) is 7.17. The van der Waals surface area contributed by atoms with Crippen LogP contribution in [-0.2, 0) is 11.2 Å². The van der Waals surface area contributed by atoms with E-state index in [9.17, 15) is 4.79 Å². The summed E-state index contributed by atoms with van der Waals surface area (Å²) >= 11 is 1.85. The van der Waals surface area contributed by atoms with Gasteiger partial charge < -0.3 is 10.5 Å². The van der Waals surface area contributed by atoms with Gasteiger partial charge in [0.15, 0.2) is 0 Å². The van der Waals surface area contributed by atoms with E-state index in [-0.39, 0.29) is 5.97 Å². The molecule has 0 fully saturated rings. The van der Waals surface area contributed by atoms with E-state index in [1.165, 1.54) is 7.11 Å². The first-order valence-corrected chi connectivity index (χ1v) is 5.24. The lowest BCUT2D eigenvalue weighted by atomic mass is 10.1. The molecule has 1 aromatic rings. The number of benzene rings is 1. The highest BCUT2D eigenvalue weighted by atomic mass is 127. The highest BCUT2D eigenvalue weighted by Gasteiger charge is 2.04. The number of nitrogens with zero attached hydrogens (tertiary/aromatic N) is 1. The number of ether oxygens (including phenoxy) is 1. The number of carbonyl (C=O) groups is 1. The number of hydrogen-bond donors (Lipinski definition) is 1. The van der Waals surface area contributed by atoms with Crippen LogP contribution in [0.2, 0.25) is 0 Å². The molecule has 1 rings (SSSR count). The van der Waals surface area contributed by atoms with Crippen LogP contribution in [0, 0.1) is 0 Å². The van der Waals surface area contributed by atoms with E-state index in [2.05, 4.69) is 7.94 Å². The fourth-order valence-electron chi connectivity index (χ4n) is 1.12. The summed E-state index contributed by atoms with van der Waals surface area (Å²) in [7, 11) is 1.36. The van der Waals surface area contributed by atoms with Gasteiger partial charge in [0.1, 0.15) is 5.84 Å². The van der Waals surface area contributed by atoms with Gasteiger partial charge in [0.05, 0.1) is 35.5 Å². The van der Waals surface area contributed by atoms with Crippen molar-refractivity contribution in [2.24, 2.45) is 8.94 Å². The average Bonchev–Trinajstić information content (AvgIpc) is 2.29. The predicted octanol–water partition coefficient (Wildman–Crippen LogP) is 1.72. The second-order valence-electron chi connectivity index (χ2n) is 2.94. The van der Waals surface area contributed by atoms with Gasteiger partial charge in [-0.05, 0) is 17.7 Å². The van der Waals surface area contributed by atoms with Crippen molar-refractivity contribution in [3.63, 3.8) is 0 Å². The number of halogens is 1. The van der Waals surface area contributed by atoms with Crippen LogP contribution in [0.4, 0.5) is 0 Å². The Labute approximate surface area is 102 Å². The molecule has 0 aliphatic carbocycles. The summed E-state index contributed by atoms with van der Waals surface area (Å²) in [6, 6.07) is 7.09. The normalized spacial score (nSPS) is 11.2. The minimum atomic E-state index is -0.336. The van der Waals surface area contributed by atoms with Gasteiger partial charge >= 0.3 is 5.97 Å². The van der Waals surface area contributed by atoms with Crippen molar-refractivity contribution in [3.05, 3.63) is 35.4 Å². The van der Waals surface area contributed by atoms with Crippen LogP contribution < -0.4 is 5.73 Å². The summed E-state index contributed by atoms with van der Waals surface area (Å²) in [5.74, 6) is 0.221. The van der Waals surface area contributed by atoms with Crippen molar-refractivity contribution >= 4 is 34.7 Å². The minimum Gasteiger partial charge on any atom is -0.465 e. The van der Waals surface area contributed by atoms with Crippen molar-refractivity contribution in [2.75, 3.05) is 7.11 Å². The minimum absolute atomic E-state index is 0.336. The highest BCUT2D eigenvalue weighted by Crippen LogP contribution is 2.06. The molecule has 0 aliphatic heterocycles. The van der Waals surface area contributed by atoms with Gasteiger partial charge in [-0.2, -0.15) is 0 Å². The Bertz CT molecular complexity index is 374. The summed E-state index contributed by atoms with van der Waals surface area (Å²) in [5.41, 5.74) is 7.13. The largest absolute Gasteiger partial charge is 0.465 e. The van der Waals surface area contributed by atoms with Crippen LogP contribution in [0.15, 0.2) is 27.5 Å². The van der Waals surface area contributed by atoms with Crippen LogP contribution in [0.25, 0.3) is 0 Å². The summed E-state index contributed by atoms with van der Waals surface area (Å²) in [6.45, 7) is 0. The average molecular weight is 318 g/mol. The van der Waals surface area contributed by atoms with Gasteiger partial charge in [-0.1, -0.05) is 12.1 Å². The highest BCUT2D eigenvalue weighted by molar-refractivity contribution is 14.1. The molecule has 4 nitrogen and oxygen atoms in total. The quantitative estimate of drug-likeness (QED) is 0.399. The van der Waals surface area contributed by atoms with E-state index in [0.717, 1.165) is 5.56 Å². The lowest BCUT2D eigenvalue weighted by Gasteiger charge is -2.02. The van der Waals surface area contributed by atoms with Gasteiger partial charge in [0.2, 0.25) is 0 Å². The van der Waals surface area contributed by atoms with Crippen LogP contribution in [0.1, 0.15) is 15.9 Å². The molecule has 0 saturated carbocycles. The fraction of sp³-hybridized carbons (Fsp3) is 0.200. The fourth-order valence-corrected chi connectivity index (χ4v) is 1.29. The monoisotopic (exact) mass is 318 g/mol. The molecule has 15 heavy (non-hydrogen) atoms.